The van der Waals surface area contributed by atoms with Crippen molar-refractivity contribution in [2.24, 2.45) is 5.92 Å². The average Bonchev–Trinajstić information content (AvgIpc) is 3.24. The lowest BCUT2D eigenvalue weighted by atomic mass is 10.0. The Hall–Kier alpha value is -0.860. The summed E-state index contributed by atoms with van der Waals surface area (Å²) in [5.74, 6) is 0.969. The van der Waals surface area contributed by atoms with Crippen LogP contribution in [0.25, 0.3) is 0 Å². The molecule has 2 nitrogen and oxygen atoms in total. The molecule has 1 aliphatic rings. The van der Waals surface area contributed by atoms with Gasteiger partial charge in [-0.1, -0.05) is 32.0 Å². The van der Waals surface area contributed by atoms with Gasteiger partial charge in [0.05, 0.1) is 0 Å². The summed E-state index contributed by atoms with van der Waals surface area (Å²) in [6, 6.07) is 7.36. The first-order valence-corrected chi connectivity index (χ1v) is 8.16. The number of nitrogens with one attached hydrogen (secondary N) is 1. The number of nitrogens with zero attached hydrogens (tertiary/aromatic N) is 1. The summed E-state index contributed by atoms with van der Waals surface area (Å²) >= 11 is 0. The molecule has 112 valence electrons. The van der Waals surface area contributed by atoms with Gasteiger partial charge in [-0.05, 0) is 62.4 Å². The van der Waals surface area contributed by atoms with E-state index in [1.165, 1.54) is 36.1 Å². The highest BCUT2D eigenvalue weighted by atomic mass is 15.1. The van der Waals surface area contributed by atoms with E-state index in [4.69, 9.17) is 0 Å². The first-order valence-electron chi connectivity index (χ1n) is 8.16. The molecule has 0 heterocycles. The molecular weight excluding hydrogens is 244 g/mol. The molecule has 2 rings (SSSR count). The summed E-state index contributed by atoms with van der Waals surface area (Å²) in [6.07, 6.45) is 2.87. The van der Waals surface area contributed by atoms with E-state index in [0.717, 1.165) is 25.6 Å². The fourth-order valence-corrected chi connectivity index (χ4v) is 2.77. The van der Waals surface area contributed by atoms with Crippen molar-refractivity contribution in [1.82, 2.24) is 10.2 Å². The Kier molecular flexibility index (Phi) is 5.62. The summed E-state index contributed by atoms with van der Waals surface area (Å²) in [6.45, 7) is 13.5. The Morgan fingerprint density at radius 3 is 2.50 bits per heavy atom. The first-order chi connectivity index (χ1) is 9.63. The number of rotatable bonds is 8. The molecule has 1 aromatic carbocycles. The van der Waals surface area contributed by atoms with Crippen molar-refractivity contribution in [3.8, 4) is 0 Å². The van der Waals surface area contributed by atoms with Crippen LogP contribution in [0.1, 0.15) is 49.4 Å². The Morgan fingerprint density at radius 2 is 1.95 bits per heavy atom. The Bertz CT molecular complexity index is 423. The van der Waals surface area contributed by atoms with E-state index in [1.54, 1.807) is 0 Å². The molecule has 1 unspecified atom stereocenters. The zero-order chi connectivity index (χ0) is 14.5. The number of benzene rings is 1. The van der Waals surface area contributed by atoms with Crippen LogP contribution in [0.3, 0.4) is 0 Å². The normalized spacial score (nSPS) is 16.6. The van der Waals surface area contributed by atoms with Gasteiger partial charge < -0.3 is 10.2 Å². The number of likely N-dealkylation sites (N-methyl/N-ethyl adjacent to an activating group) is 2. The molecule has 20 heavy (non-hydrogen) atoms. The van der Waals surface area contributed by atoms with Crippen molar-refractivity contribution < 1.29 is 0 Å². The van der Waals surface area contributed by atoms with Crippen LogP contribution >= 0.6 is 0 Å². The third-order valence-electron chi connectivity index (χ3n) is 4.49. The van der Waals surface area contributed by atoms with Gasteiger partial charge in [0.25, 0.3) is 0 Å². The van der Waals surface area contributed by atoms with E-state index < -0.39 is 0 Å². The van der Waals surface area contributed by atoms with Gasteiger partial charge in [-0.15, -0.1) is 0 Å². The number of hydrogen-bond donors (Lipinski definition) is 1. The van der Waals surface area contributed by atoms with Crippen molar-refractivity contribution >= 4 is 0 Å². The zero-order valence-electron chi connectivity index (χ0n) is 13.6. The molecule has 0 amide bonds. The molecule has 0 radical (unpaired) electrons. The van der Waals surface area contributed by atoms with E-state index in [2.05, 4.69) is 56.1 Å². The van der Waals surface area contributed by atoms with Crippen molar-refractivity contribution in [2.45, 2.75) is 46.6 Å². The largest absolute Gasteiger partial charge is 0.309 e. The lowest BCUT2D eigenvalue weighted by Gasteiger charge is -2.27. The molecule has 0 saturated heterocycles. The minimum atomic E-state index is 0.456. The van der Waals surface area contributed by atoms with Crippen LogP contribution in [0.5, 0.6) is 0 Å². The molecular formula is C18H30N2. The molecule has 1 atom stereocenters. The Labute approximate surface area is 124 Å². The molecule has 1 aromatic rings. The molecule has 1 saturated carbocycles. The van der Waals surface area contributed by atoms with Gasteiger partial charge in [-0.25, -0.2) is 0 Å². The lowest BCUT2D eigenvalue weighted by molar-refractivity contribution is 0.245. The van der Waals surface area contributed by atoms with Gasteiger partial charge in [0.2, 0.25) is 0 Å². The molecule has 0 bridgehead atoms. The lowest BCUT2D eigenvalue weighted by Crippen LogP contribution is -2.36. The van der Waals surface area contributed by atoms with Gasteiger partial charge in [-0.3, -0.25) is 0 Å². The van der Waals surface area contributed by atoms with Crippen LogP contribution in [-0.4, -0.2) is 31.1 Å². The van der Waals surface area contributed by atoms with E-state index in [9.17, 15) is 0 Å². The maximum Gasteiger partial charge on any atom is 0.0449 e. The van der Waals surface area contributed by atoms with Crippen LogP contribution in [0.15, 0.2) is 18.2 Å². The maximum atomic E-state index is 3.66. The molecule has 1 fully saturated rings. The monoisotopic (exact) mass is 274 g/mol. The van der Waals surface area contributed by atoms with Gasteiger partial charge in [-0.2, -0.15) is 0 Å². The maximum absolute atomic E-state index is 3.66. The minimum Gasteiger partial charge on any atom is -0.309 e. The van der Waals surface area contributed by atoms with Crippen molar-refractivity contribution in [3.63, 3.8) is 0 Å². The molecule has 0 spiro atoms. The highest BCUT2D eigenvalue weighted by molar-refractivity contribution is 5.32. The average molecular weight is 274 g/mol. The van der Waals surface area contributed by atoms with E-state index >= 15 is 0 Å². The topological polar surface area (TPSA) is 15.3 Å². The predicted molar refractivity (Wildman–Crippen MR) is 87.2 cm³/mol. The second-order valence-electron chi connectivity index (χ2n) is 6.25. The molecule has 2 heteroatoms. The second kappa shape index (κ2) is 7.24. The van der Waals surface area contributed by atoms with Crippen molar-refractivity contribution in [1.29, 1.82) is 0 Å². The fourth-order valence-electron chi connectivity index (χ4n) is 2.77. The molecule has 1 N–H and O–H groups in total. The van der Waals surface area contributed by atoms with Gasteiger partial charge in [0.15, 0.2) is 0 Å². The minimum absolute atomic E-state index is 0.456. The van der Waals surface area contributed by atoms with E-state index in [-0.39, 0.29) is 0 Å². The molecule has 0 aromatic heterocycles. The Morgan fingerprint density at radius 1 is 1.20 bits per heavy atom. The smallest absolute Gasteiger partial charge is 0.0449 e. The first kappa shape index (κ1) is 15.5. The SMILES string of the molecule is CCNC(CN(CC)CC1CC1)c1ccc(C)c(C)c1. The predicted octanol–water partition coefficient (Wildman–Crippen LogP) is 3.69. The van der Waals surface area contributed by atoms with Crippen molar-refractivity contribution in [3.05, 3.63) is 34.9 Å². The Balaban J connectivity index is 2.05. The highest BCUT2D eigenvalue weighted by Crippen LogP contribution is 2.30. The van der Waals surface area contributed by atoms with E-state index in [1.807, 2.05) is 0 Å². The quantitative estimate of drug-likeness (QED) is 0.778. The van der Waals surface area contributed by atoms with Gasteiger partial charge in [0.1, 0.15) is 0 Å². The number of hydrogen-bond acceptors (Lipinski definition) is 2. The summed E-state index contributed by atoms with van der Waals surface area (Å²) < 4.78 is 0. The van der Waals surface area contributed by atoms with Crippen LogP contribution in [-0.2, 0) is 0 Å². The van der Waals surface area contributed by atoms with Crippen LogP contribution in [0.4, 0.5) is 0 Å². The van der Waals surface area contributed by atoms with Gasteiger partial charge in [0, 0.05) is 19.1 Å². The fraction of sp³-hybridized carbons (Fsp3) is 0.667. The van der Waals surface area contributed by atoms with Gasteiger partial charge >= 0.3 is 0 Å². The van der Waals surface area contributed by atoms with Crippen molar-refractivity contribution in [2.75, 3.05) is 26.2 Å². The summed E-state index contributed by atoms with van der Waals surface area (Å²) in [7, 11) is 0. The second-order valence-corrected chi connectivity index (χ2v) is 6.25. The summed E-state index contributed by atoms with van der Waals surface area (Å²) in [5, 5.41) is 3.66. The molecule has 1 aliphatic carbocycles. The highest BCUT2D eigenvalue weighted by Gasteiger charge is 2.25. The third-order valence-corrected chi connectivity index (χ3v) is 4.49. The summed E-state index contributed by atoms with van der Waals surface area (Å²) in [5.41, 5.74) is 4.22. The molecule has 0 aliphatic heterocycles. The summed E-state index contributed by atoms with van der Waals surface area (Å²) in [4.78, 5) is 2.61. The zero-order valence-corrected chi connectivity index (χ0v) is 13.6. The van der Waals surface area contributed by atoms with Crippen LogP contribution in [0, 0.1) is 19.8 Å². The van der Waals surface area contributed by atoms with Crippen LogP contribution < -0.4 is 5.32 Å². The van der Waals surface area contributed by atoms with Crippen LogP contribution in [0.2, 0.25) is 0 Å². The number of aryl methyl sites for hydroxylation is 2. The standard InChI is InChI=1S/C18H30N2/c1-5-19-18(13-20(6-2)12-16-8-9-16)17-10-7-14(3)15(4)11-17/h7,10-11,16,18-19H,5-6,8-9,12-13H2,1-4H3. The third kappa shape index (κ3) is 4.32. The van der Waals surface area contributed by atoms with E-state index in [0.29, 0.717) is 6.04 Å².